The van der Waals surface area contributed by atoms with Crippen molar-refractivity contribution >= 4 is 23.3 Å². The van der Waals surface area contributed by atoms with E-state index in [1.54, 1.807) is 24.3 Å². The molecule has 5 heteroatoms. The largest absolute Gasteiger partial charge is 0.508 e. The van der Waals surface area contributed by atoms with E-state index < -0.39 is 26.0 Å². The summed E-state index contributed by atoms with van der Waals surface area (Å²) in [4.78, 5) is 6.00. The van der Waals surface area contributed by atoms with Crippen molar-refractivity contribution in [3.8, 4) is 5.75 Å². The Labute approximate surface area is 145 Å². The van der Waals surface area contributed by atoms with Gasteiger partial charge in [-0.25, -0.2) is 4.99 Å². The minimum atomic E-state index is -3.00. The molecular formula is C17H17N3OS. The lowest BCUT2D eigenvalue weighted by atomic mass is 10.1. The molecule has 112 valence electrons. The Hall–Kier alpha value is -1.98. The second-order valence-electron chi connectivity index (χ2n) is 4.62. The molecule has 0 amide bonds. The summed E-state index contributed by atoms with van der Waals surface area (Å²) in [5, 5.41) is 11.7. The summed E-state index contributed by atoms with van der Waals surface area (Å²) < 4.78 is 65.9. The van der Waals surface area contributed by atoms with Gasteiger partial charge in [0.1, 0.15) is 11.6 Å². The van der Waals surface area contributed by atoms with Crippen molar-refractivity contribution in [2.24, 2.45) is 4.99 Å². The number of hydrogen-bond acceptors (Lipinski definition) is 5. The van der Waals surface area contributed by atoms with Gasteiger partial charge in [-0.2, -0.15) is 0 Å². The zero-order valence-electron chi connectivity index (χ0n) is 19.3. The average molecular weight is 319 g/mol. The van der Waals surface area contributed by atoms with Crippen LogP contribution in [0.4, 0.5) is 5.69 Å². The van der Waals surface area contributed by atoms with Crippen LogP contribution in [-0.2, 0) is 0 Å². The van der Waals surface area contributed by atoms with E-state index >= 15 is 0 Å². The Morgan fingerprint density at radius 3 is 2.82 bits per heavy atom. The molecule has 0 saturated carbocycles. The molecule has 2 aliphatic heterocycles. The molecule has 0 aliphatic carbocycles. The van der Waals surface area contributed by atoms with E-state index in [1.165, 1.54) is 30.0 Å². The second-order valence-corrected chi connectivity index (χ2v) is 5.70. The van der Waals surface area contributed by atoms with E-state index in [4.69, 9.17) is 11.0 Å². The monoisotopic (exact) mass is 319 g/mol. The number of hydrogen-bond donors (Lipinski definition) is 2. The van der Waals surface area contributed by atoms with E-state index in [-0.39, 0.29) is 11.6 Å². The van der Waals surface area contributed by atoms with Gasteiger partial charge >= 0.3 is 0 Å². The van der Waals surface area contributed by atoms with Crippen LogP contribution in [0, 0.1) is 0 Å². The molecule has 1 saturated heterocycles. The third-order valence-corrected chi connectivity index (χ3v) is 4.31. The normalized spacial score (nSPS) is 31.8. The first-order valence-electron chi connectivity index (χ1n) is 10.6. The van der Waals surface area contributed by atoms with E-state index in [1.807, 2.05) is 5.32 Å². The SMILES string of the molecule is [2H]C1([2H])NC([2H])([2H])C([2H])([2H])N(C2=Nc3ccc(O)cc3Sc3ccccc32)C1([2H])[2H]. The summed E-state index contributed by atoms with van der Waals surface area (Å²) in [6.45, 7) is -11.9. The highest BCUT2D eigenvalue weighted by Gasteiger charge is 2.22. The Balaban J connectivity index is 2.04. The van der Waals surface area contributed by atoms with Crippen LogP contribution in [-0.4, -0.2) is 41.8 Å². The summed E-state index contributed by atoms with van der Waals surface area (Å²) in [5.74, 6) is -0.246. The minimum absolute atomic E-state index is 0.00196. The first-order chi connectivity index (χ1) is 13.8. The predicted octanol–water partition coefficient (Wildman–Crippen LogP) is 2.84. The van der Waals surface area contributed by atoms with Gasteiger partial charge in [-0.05, 0) is 24.3 Å². The molecule has 2 heterocycles. The zero-order valence-corrected chi connectivity index (χ0v) is 12.1. The van der Waals surface area contributed by atoms with Crippen molar-refractivity contribution in [3.63, 3.8) is 0 Å². The number of nitrogens with one attached hydrogen (secondary N) is 1. The Kier molecular flexibility index (Phi) is 1.94. The van der Waals surface area contributed by atoms with Crippen molar-refractivity contribution in [3.05, 3.63) is 48.0 Å². The van der Waals surface area contributed by atoms with Crippen molar-refractivity contribution < 1.29 is 16.1 Å². The molecule has 0 unspecified atom stereocenters. The molecule has 22 heavy (non-hydrogen) atoms. The van der Waals surface area contributed by atoms with Crippen LogP contribution in [0.1, 0.15) is 16.5 Å². The van der Waals surface area contributed by atoms with Crippen molar-refractivity contribution in [1.82, 2.24) is 10.2 Å². The fraction of sp³-hybridized carbons (Fsp3) is 0.235. The third-order valence-electron chi connectivity index (χ3n) is 3.19. The highest BCUT2D eigenvalue weighted by atomic mass is 32.2. The molecule has 1 fully saturated rings. The summed E-state index contributed by atoms with van der Waals surface area (Å²) in [5.41, 5.74) is 0.634. The van der Waals surface area contributed by atoms with E-state index in [9.17, 15) is 5.11 Å². The van der Waals surface area contributed by atoms with Crippen LogP contribution in [0.15, 0.2) is 57.2 Å². The molecule has 2 aliphatic rings. The maximum Gasteiger partial charge on any atom is 0.137 e. The van der Waals surface area contributed by atoms with Crippen molar-refractivity contribution in [2.75, 3.05) is 26.0 Å². The maximum atomic E-state index is 9.85. The summed E-state index contributed by atoms with van der Waals surface area (Å²) in [7, 11) is 0. The summed E-state index contributed by atoms with van der Waals surface area (Å²) >= 11 is 1.24. The highest BCUT2D eigenvalue weighted by molar-refractivity contribution is 7.99. The second kappa shape index (κ2) is 5.66. The van der Waals surface area contributed by atoms with Gasteiger partial charge in [0, 0.05) is 46.8 Å². The molecule has 0 aromatic heterocycles. The topological polar surface area (TPSA) is 47.9 Å². The predicted molar refractivity (Wildman–Crippen MR) is 89.3 cm³/mol. The zero-order chi connectivity index (χ0) is 22.1. The summed E-state index contributed by atoms with van der Waals surface area (Å²) in [6, 6.07) is 11.0. The molecule has 0 bridgehead atoms. The first kappa shape index (κ1) is 7.53. The smallest absolute Gasteiger partial charge is 0.137 e. The molecule has 0 atom stereocenters. The van der Waals surface area contributed by atoms with Gasteiger partial charge in [0.2, 0.25) is 0 Å². The van der Waals surface area contributed by atoms with Gasteiger partial charge in [-0.15, -0.1) is 0 Å². The number of amidine groups is 1. The van der Waals surface area contributed by atoms with Crippen LogP contribution in [0.2, 0.25) is 0 Å². The number of aliphatic imine (C=N–C) groups is 1. The highest BCUT2D eigenvalue weighted by Crippen LogP contribution is 2.42. The molecule has 2 aromatic rings. The molecule has 4 rings (SSSR count). The number of phenolic OH excluding ortho intramolecular Hbond substituents is 1. The van der Waals surface area contributed by atoms with Gasteiger partial charge < -0.3 is 15.3 Å². The first-order valence-corrected chi connectivity index (χ1v) is 7.38. The van der Waals surface area contributed by atoms with Gasteiger partial charge in [0.05, 0.1) is 11.2 Å². The third kappa shape index (κ3) is 2.46. The molecule has 0 radical (unpaired) electrons. The van der Waals surface area contributed by atoms with E-state index in [2.05, 4.69) is 4.99 Å². The fourth-order valence-electron chi connectivity index (χ4n) is 2.21. The number of aromatic hydroxyl groups is 1. The van der Waals surface area contributed by atoms with Gasteiger partial charge in [0.15, 0.2) is 0 Å². The molecule has 2 aromatic carbocycles. The van der Waals surface area contributed by atoms with Crippen LogP contribution in [0.5, 0.6) is 5.75 Å². The number of nitrogens with zero attached hydrogens (tertiary/aromatic N) is 2. The van der Waals surface area contributed by atoms with Crippen LogP contribution < -0.4 is 5.32 Å². The molecule has 2 N–H and O–H groups in total. The maximum absolute atomic E-state index is 9.85. The van der Waals surface area contributed by atoms with E-state index in [0.717, 1.165) is 0 Å². The standard InChI is InChI=1S/C17H17N3OS/c21-12-5-6-14-16(11-12)22-15-4-2-1-3-13(15)17(19-14)20-9-7-18-8-10-20/h1-6,11,18,21H,7-10H2/i7D2,8D2,9D2,10D2. The number of phenols is 1. The number of piperazine rings is 1. The van der Waals surface area contributed by atoms with Crippen molar-refractivity contribution in [1.29, 1.82) is 0 Å². The Bertz CT molecular complexity index is 1030. The van der Waals surface area contributed by atoms with Crippen molar-refractivity contribution in [2.45, 2.75) is 9.79 Å². The lowest BCUT2D eigenvalue weighted by Crippen LogP contribution is -2.46. The van der Waals surface area contributed by atoms with Crippen LogP contribution >= 0.6 is 11.8 Å². The molecule has 0 spiro atoms. The Morgan fingerprint density at radius 1 is 1.14 bits per heavy atom. The van der Waals surface area contributed by atoms with Crippen LogP contribution in [0.3, 0.4) is 0 Å². The van der Waals surface area contributed by atoms with Gasteiger partial charge in [-0.3, -0.25) is 0 Å². The number of benzene rings is 2. The van der Waals surface area contributed by atoms with Crippen LogP contribution in [0.25, 0.3) is 0 Å². The lowest BCUT2D eigenvalue weighted by Gasteiger charge is -2.30. The van der Waals surface area contributed by atoms with E-state index in [0.29, 0.717) is 25.9 Å². The average Bonchev–Trinajstić information content (AvgIpc) is 2.76. The Morgan fingerprint density at radius 2 is 1.95 bits per heavy atom. The van der Waals surface area contributed by atoms with Gasteiger partial charge in [-0.1, -0.05) is 30.0 Å². The number of fused-ring (bicyclic) bond motifs is 2. The summed E-state index contributed by atoms with van der Waals surface area (Å²) in [6.07, 6.45) is 0. The minimum Gasteiger partial charge on any atom is -0.508 e. The lowest BCUT2D eigenvalue weighted by molar-refractivity contribution is 0.358. The molecule has 4 nitrogen and oxygen atoms in total. The van der Waals surface area contributed by atoms with Gasteiger partial charge in [0.25, 0.3) is 0 Å². The molecular weight excluding hydrogens is 294 g/mol. The number of rotatable bonds is 0. The quantitative estimate of drug-likeness (QED) is 0.784. The fourth-order valence-corrected chi connectivity index (χ4v) is 3.26.